The lowest BCUT2D eigenvalue weighted by Gasteiger charge is -2.39. The van der Waals surface area contributed by atoms with Crippen LogP contribution < -0.4 is 0 Å². The van der Waals surface area contributed by atoms with Crippen LogP contribution >= 0.6 is 11.3 Å². The summed E-state index contributed by atoms with van der Waals surface area (Å²) in [7, 11) is -1.95. The van der Waals surface area contributed by atoms with Gasteiger partial charge in [-0.3, -0.25) is 0 Å². The highest BCUT2D eigenvalue weighted by molar-refractivity contribution is 7.09. The lowest BCUT2D eigenvalue weighted by Crippen LogP contribution is -2.44. The highest BCUT2D eigenvalue weighted by Crippen LogP contribution is 2.45. The Labute approximate surface area is 169 Å². The van der Waals surface area contributed by atoms with Gasteiger partial charge in [0, 0.05) is 11.8 Å². The van der Waals surface area contributed by atoms with E-state index in [0.717, 1.165) is 22.7 Å². The summed E-state index contributed by atoms with van der Waals surface area (Å²) in [4.78, 5) is 4.56. The molecule has 0 spiro atoms. The van der Waals surface area contributed by atoms with Gasteiger partial charge in [0.2, 0.25) is 0 Å². The van der Waals surface area contributed by atoms with Gasteiger partial charge in [-0.05, 0) is 50.0 Å². The molecule has 1 saturated heterocycles. The van der Waals surface area contributed by atoms with Crippen molar-refractivity contribution in [3.8, 4) is 0 Å². The van der Waals surface area contributed by atoms with E-state index < -0.39 is 13.9 Å². The number of aliphatic hydroxyl groups is 1. The van der Waals surface area contributed by atoms with Gasteiger partial charge in [0.05, 0.1) is 29.5 Å². The van der Waals surface area contributed by atoms with Gasteiger partial charge in [-0.2, -0.15) is 0 Å². The molecule has 0 aromatic carbocycles. The number of aliphatic hydroxyl groups excluding tert-OH is 1. The van der Waals surface area contributed by atoms with Crippen molar-refractivity contribution in [3.05, 3.63) is 34.3 Å². The summed E-state index contributed by atoms with van der Waals surface area (Å²) < 4.78 is 12.7. The largest absolute Gasteiger partial charge is 0.410 e. The molecule has 152 valence electrons. The Morgan fingerprint density at radius 2 is 2.19 bits per heavy atom. The van der Waals surface area contributed by atoms with Crippen molar-refractivity contribution in [1.82, 2.24) is 4.98 Å². The van der Waals surface area contributed by atoms with E-state index in [0.29, 0.717) is 6.42 Å². The summed E-state index contributed by atoms with van der Waals surface area (Å²) in [6.07, 6.45) is 5.30. The molecule has 1 aliphatic heterocycles. The number of ether oxygens (including phenoxy) is 1. The molecule has 1 fully saturated rings. The van der Waals surface area contributed by atoms with Gasteiger partial charge >= 0.3 is 0 Å². The van der Waals surface area contributed by atoms with E-state index in [9.17, 15) is 5.11 Å². The van der Waals surface area contributed by atoms with Crippen molar-refractivity contribution >= 4 is 25.7 Å². The maximum atomic E-state index is 9.78. The molecule has 1 N–H and O–H groups in total. The molecule has 1 aliphatic rings. The van der Waals surface area contributed by atoms with Crippen LogP contribution in [0.2, 0.25) is 18.1 Å². The smallest absolute Gasteiger partial charge is 0.192 e. The molecule has 27 heavy (non-hydrogen) atoms. The normalized spacial score (nSPS) is 24.7. The molecule has 0 radical (unpaired) electrons. The van der Waals surface area contributed by atoms with Crippen molar-refractivity contribution in [2.45, 2.75) is 83.4 Å². The maximum Gasteiger partial charge on any atom is 0.192 e. The Morgan fingerprint density at radius 1 is 1.52 bits per heavy atom. The second-order valence-corrected chi connectivity index (χ2v) is 14.9. The second kappa shape index (κ2) is 8.29. The zero-order valence-electron chi connectivity index (χ0n) is 17.8. The van der Waals surface area contributed by atoms with Gasteiger partial charge in [-0.1, -0.05) is 26.8 Å². The highest BCUT2D eigenvalue weighted by atomic mass is 32.1. The summed E-state index contributed by atoms with van der Waals surface area (Å²) in [5.41, 5.74) is 1.66. The van der Waals surface area contributed by atoms with E-state index in [1.807, 2.05) is 13.0 Å². The first kappa shape index (κ1) is 22.5. The Bertz CT molecular complexity index is 692. The van der Waals surface area contributed by atoms with E-state index in [-0.39, 0.29) is 23.9 Å². The van der Waals surface area contributed by atoms with Crippen molar-refractivity contribution in [1.29, 1.82) is 0 Å². The van der Waals surface area contributed by atoms with Crippen LogP contribution in [0.1, 0.15) is 51.2 Å². The van der Waals surface area contributed by atoms with Crippen LogP contribution in [0, 0.1) is 6.92 Å². The number of epoxide rings is 1. The molecule has 2 rings (SSSR count). The fourth-order valence-corrected chi connectivity index (χ4v) is 4.88. The summed E-state index contributed by atoms with van der Waals surface area (Å²) in [5, 5.41) is 13.0. The predicted molar refractivity (Wildman–Crippen MR) is 117 cm³/mol. The molecule has 1 aromatic heterocycles. The average Bonchev–Trinajstić information content (AvgIpc) is 3.07. The first-order valence-corrected chi connectivity index (χ1v) is 13.4. The van der Waals surface area contributed by atoms with Crippen molar-refractivity contribution < 1.29 is 14.3 Å². The van der Waals surface area contributed by atoms with Crippen molar-refractivity contribution in [2.24, 2.45) is 0 Å². The van der Waals surface area contributed by atoms with Gasteiger partial charge in [0.15, 0.2) is 8.32 Å². The summed E-state index contributed by atoms with van der Waals surface area (Å²) in [6.45, 7) is 19.3. The number of aryl methyl sites for hydroxylation is 1. The summed E-state index contributed by atoms with van der Waals surface area (Å²) in [5.74, 6) is 0. The Morgan fingerprint density at radius 3 is 2.67 bits per heavy atom. The molecule has 6 heteroatoms. The first-order chi connectivity index (χ1) is 12.4. The molecule has 0 amide bonds. The minimum absolute atomic E-state index is 0.00390. The topological polar surface area (TPSA) is 54.9 Å². The number of nitrogens with zero attached hydrogens (tertiary/aromatic N) is 1. The van der Waals surface area contributed by atoms with Crippen LogP contribution in [0.5, 0.6) is 0 Å². The fraction of sp³-hybridized carbons (Fsp3) is 0.667. The third kappa shape index (κ3) is 5.39. The first-order valence-electron chi connectivity index (χ1n) is 9.62. The van der Waals surface area contributed by atoms with Gasteiger partial charge in [-0.25, -0.2) is 4.98 Å². The molecular formula is C21H35NO3SSi. The lowest BCUT2D eigenvalue weighted by molar-refractivity contribution is 0.170. The third-order valence-electron chi connectivity index (χ3n) is 5.86. The van der Waals surface area contributed by atoms with Gasteiger partial charge in [0.25, 0.3) is 0 Å². The van der Waals surface area contributed by atoms with E-state index in [2.05, 4.69) is 63.8 Å². The van der Waals surface area contributed by atoms with Crippen molar-refractivity contribution in [2.75, 3.05) is 6.61 Å². The summed E-state index contributed by atoms with van der Waals surface area (Å²) in [6, 6.07) is 0. The Kier molecular flexibility index (Phi) is 6.91. The molecule has 0 unspecified atom stereocenters. The number of aromatic nitrogens is 1. The van der Waals surface area contributed by atoms with Crippen LogP contribution in [0.25, 0.3) is 6.08 Å². The Balaban J connectivity index is 2.23. The predicted octanol–water partition coefficient (Wildman–Crippen LogP) is 5.34. The van der Waals surface area contributed by atoms with E-state index >= 15 is 0 Å². The quantitative estimate of drug-likeness (QED) is 0.340. The molecule has 0 aliphatic carbocycles. The average molecular weight is 410 g/mol. The van der Waals surface area contributed by atoms with Crippen LogP contribution in [0.3, 0.4) is 0 Å². The molecule has 3 atom stereocenters. The van der Waals surface area contributed by atoms with E-state index in [1.165, 1.54) is 0 Å². The highest BCUT2D eigenvalue weighted by Gasteiger charge is 2.56. The standard InChI is InChI=1S/C21H35NO3SSi/c1-9-10-21(14-23)19(24-21)12-18(25-27(7,8)20(4,5)6)15(2)11-17-13-26-16(3)22-17/h9,11,13,18-19,23H,1,10,12,14H2,2-8H3/b15-11+/t18-,19-,21-/m0/s1. The number of hydrogen-bond acceptors (Lipinski definition) is 5. The molecule has 0 bridgehead atoms. The van der Waals surface area contributed by atoms with Crippen LogP contribution in [0.4, 0.5) is 0 Å². The second-order valence-electron chi connectivity index (χ2n) is 9.10. The Hall–Kier alpha value is -0.793. The zero-order chi connectivity index (χ0) is 20.5. The fourth-order valence-electron chi connectivity index (χ4n) is 2.97. The number of thiazole rings is 1. The number of hydrogen-bond donors (Lipinski definition) is 1. The molecule has 0 saturated carbocycles. The zero-order valence-corrected chi connectivity index (χ0v) is 19.7. The summed E-state index contributed by atoms with van der Waals surface area (Å²) >= 11 is 1.66. The van der Waals surface area contributed by atoms with E-state index in [1.54, 1.807) is 11.3 Å². The molecule has 1 aromatic rings. The minimum Gasteiger partial charge on any atom is -0.410 e. The molecule has 4 nitrogen and oxygen atoms in total. The van der Waals surface area contributed by atoms with Gasteiger partial charge in [0.1, 0.15) is 5.60 Å². The van der Waals surface area contributed by atoms with Crippen LogP contribution in [-0.2, 0) is 9.16 Å². The van der Waals surface area contributed by atoms with Crippen molar-refractivity contribution in [3.63, 3.8) is 0 Å². The molecular weight excluding hydrogens is 374 g/mol. The lowest BCUT2D eigenvalue weighted by atomic mass is 9.96. The van der Waals surface area contributed by atoms with Gasteiger partial charge < -0.3 is 14.3 Å². The van der Waals surface area contributed by atoms with Crippen LogP contribution in [0.15, 0.2) is 23.6 Å². The van der Waals surface area contributed by atoms with E-state index in [4.69, 9.17) is 9.16 Å². The third-order valence-corrected chi connectivity index (χ3v) is 11.1. The van der Waals surface area contributed by atoms with Crippen LogP contribution in [-0.4, -0.2) is 42.8 Å². The SMILES string of the molecule is C=CC[C@@]1(CO)O[C@H]1C[C@H](O[Si](C)(C)C(C)(C)C)/C(C)=C/c1csc(C)n1. The monoisotopic (exact) mass is 409 g/mol. The molecule has 2 heterocycles. The maximum absolute atomic E-state index is 9.78. The number of rotatable bonds is 9. The van der Waals surface area contributed by atoms with Gasteiger partial charge in [-0.15, -0.1) is 17.9 Å². The minimum atomic E-state index is -1.95.